The van der Waals surface area contributed by atoms with Crippen molar-refractivity contribution in [2.75, 3.05) is 20.3 Å². The minimum atomic E-state index is -1.10. The summed E-state index contributed by atoms with van der Waals surface area (Å²) in [5.74, 6) is -0.696. The maximum absolute atomic E-state index is 13.5. The molecule has 2 amide bonds. The second kappa shape index (κ2) is 8.87. The van der Waals surface area contributed by atoms with Crippen LogP contribution in [0.4, 0.5) is 4.79 Å². The number of carbonyl (C=O) groups excluding carboxylic acids is 2. The summed E-state index contributed by atoms with van der Waals surface area (Å²) in [6, 6.07) is 12.2. The van der Waals surface area contributed by atoms with Crippen molar-refractivity contribution in [2.24, 2.45) is 0 Å². The van der Waals surface area contributed by atoms with E-state index in [9.17, 15) is 14.4 Å². The molecule has 1 unspecified atom stereocenters. The number of nitrogens with one attached hydrogen (secondary N) is 2. The number of hydrogen-bond acceptors (Lipinski definition) is 7. The Bertz CT molecular complexity index is 1480. The van der Waals surface area contributed by atoms with E-state index < -0.39 is 18.0 Å². The van der Waals surface area contributed by atoms with Gasteiger partial charge in [0.05, 0.1) is 41.1 Å². The Labute approximate surface area is 192 Å². The van der Waals surface area contributed by atoms with Crippen LogP contribution in [-0.2, 0) is 14.3 Å². The van der Waals surface area contributed by atoms with Gasteiger partial charge in [-0.1, -0.05) is 30.3 Å². The van der Waals surface area contributed by atoms with Crippen LogP contribution >= 0.6 is 0 Å². The Balaban J connectivity index is 1.68. The Kier molecular flexibility index (Phi) is 5.60. The zero-order valence-electron chi connectivity index (χ0n) is 18.1. The van der Waals surface area contributed by atoms with Crippen LogP contribution in [-0.4, -0.2) is 32.3 Å². The highest BCUT2D eigenvalue weighted by Crippen LogP contribution is 2.32. The molecule has 2 aromatic carbocycles. The first kappa shape index (κ1) is 21.5. The van der Waals surface area contributed by atoms with Crippen LogP contribution in [0.15, 0.2) is 80.3 Å². The van der Waals surface area contributed by atoms with E-state index in [0.717, 1.165) is 5.39 Å². The third kappa shape index (κ3) is 3.82. The van der Waals surface area contributed by atoms with Crippen LogP contribution in [0.1, 0.15) is 17.2 Å². The van der Waals surface area contributed by atoms with Crippen LogP contribution in [0.3, 0.4) is 0 Å². The number of amides is 2. The molecule has 9 heteroatoms. The van der Waals surface area contributed by atoms with Crippen LogP contribution < -0.4 is 16.1 Å². The Morgan fingerprint density at radius 1 is 1.03 bits per heavy atom. The van der Waals surface area contributed by atoms with Crippen molar-refractivity contribution in [3.8, 4) is 0 Å². The number of esters is 1. The van der Waals surface area contributed by atoms with Gasteiger partial charge < -0.3 is 28.9 Å². The summed E-state index contributed by atoms with van der Waals surface area (Å²) in [6.07, 6.45) is 2.77. The molecule has 34 heavy (non-hydrogen) atoms. The maximum atomic E-state index is 13.5. The van der Waals surface area contributed by atoms with Gasteiger partial charge in [0.25, 0.3) is 0 Å². The highest BCUT2D eigenvalue weighted by molar-refractivity contribution is 6.05. The summed E-state index contributed by atoms with van der Waals surface area (Å²) in [4.78, 5) is 39.3. The molecule has 0 saturated carbocycles. The average Bonchev–Trinajstić information content (AvgIpc) is 3.31. The van der Waals surface area contributed by atoms with E-state index in [-0.39, 0.29) is 35.5 Å². The van der Waals surface area contributed by atoms with Crippen molar-refractivity contribution in [3.63, 3.8) is 0 Å². The lowest BCUT2D eigenvalue weighted by atomic mass is 9.93. The SMILES string of the molecule is COCCOC(=O)C1=C(c2ccccc2)NC(=O)NC1c1coc2cc3occc3cc2c1=O. The number of furan rings is 1. The van der Waals surface area contributed by atoms with Gasteiger partial charge in [0.15, 0.2) is 5.43 Å². The highest BCUT2D eigenvalue weighted by atomic mass is 16.6. The second-order valence-corrected chi connectivity index (χ2v) is 7.64. The highest BCUT2D eigenvalue weighted by Gasteiger charge is 2.36. The van der Waals surface area contributed by atoms with Gasteiger partial charge in [0.1, 0.15) is 24.0 Å². The molecule has 1 aliphatic rings. The number of ether oxygens (including phenoxy) is 2. The number of carbonyl (C=O) groups is 2. The van der Waals surface area contributed by atoms with Crippen molar-refractivity contribution in [2.45, 2.75) is 6.04 Å². The molecular formula is C25H20N2O7. The van der Waals surface area contributed by atoms with Gasteiger partial charge in [-0.3, -0.25) is 4.79 Å². The fourth-order valence-electron chi connectivity index (χ4n) is 3.95. The lowest BCUT2D eigenvalue weighted by molar-refractivity contribution is -0.140. The fourth-order valence-corrected chi connectivity index (χ4v) is 3.95. The van der Waals surface area contributed by atoms with E-state index >= 15 is 0 Å². The summed E-state index contributed by atoms with van der Waals surface area (Å²) in [7, 11) is 1.49. The third-order valence-electron chi connectivity index (χ3n) is 5.56. The molecule has 0 fully saturated rings. The fraction of sp³-hybridized carbons (Fsp3) is 0.160. The Morgan fingerprint density at radius 2 is 1.85 bits per heavy atom. The molecule has 1 aliphatic heterocycles. The third-order valence-corrected chi connectivity index (χ3v) is 5.56. The van der Waals surface area contributed by atoms with Gasteiger partial charge >= 0.3 is 12.0 Å². The number of methoxy groups -OCH3 is 1. The molecule has 3 heterocycles. The van der Waals surface area contributed by atoms with Gasteiger partial charge in [-0.15, -0.1) is 0 Å². The normalized spacial score (nSPS) is 15.9. The van der Waals surface area contributed by atoms with Gasteiger partial charge in [-0.25, -0.2) is 9.59 Å². The predicted octanol–water partition coefficient (Wildman–Crippen LogP) is 3.49. The second-order valence-electron chi connectivity index (χ2n) is 7.64. The van der Waals surface area contributed by atoms with E-state index in [2.05, 4.69) is 10.6 Å². The maximum Gasteiger partial charge on any atom is 0.338 e. The minimum absolute atomic E-state index is 0.00632. The van der Waals surface area contributed by atoms with E-state index in [1.807, 2.05) is 6.07 Å². The molecular weight excluding hydrogens is 440 g/mol. The summed E-state index contributed by atoms with van der Waals surface area (Å²) in [6.45, 7) is 0.204. The zero-order chi connectivity index (χ0) is 23.7. The van der Waals surface area contributed by atoms with Gasteiger partial charge in [-0.2, -0.15) is 0 Å². The van der Waals surface area contributed by atoms with Crippen LogP contribution in [0.25, 0.3) is 27.6 Å². The predicted molar refractivity (Wildman–Crippen MR) is 123 cm³/mol. The Morgan fingerprint density at radius 3 is 2.65 bits per heavy atom. The first-order chi connectivity index (χ1) is 16.6. The topological polar surface area (TPSA) is 120 Å². The first-order valence-corrected chi connectivity index (χ1v) is 10.5. The molecule has 2 N–H and O–H groups in total. The zero-order valence-corrected chi connectivity index (χ0v) is 18.1. The number of rotatable bonds is 6. The van der Waals surface area contributed by atoms with Crippen LogP contribution in [0.5, 0.6) is 0 Å². The number of hydrogen-bond donors (Lipinski definition) is 2. The molecule has 5 rings (SSSR count). The van der Waals surface area contributed by atoms with Crippen LogP contribution in [0, 0.1) is 0 Å². The molecule has 9 nitrogen and oxygen atoms in total. The average molecular weight is 460 g/mol. The van der Waals surface area contributed by atoms with Crippen molar-refractivity contribution >= 4 is 39.6 Å². The quantitative estimate of drug-likeness (QED) is 0.334. The monoisotopic (exact) mass is 460 g/mol. The van der Waals surface area contributed by atoms with Crippen molar-refractivity contribution in [1.82, 2.24) is 10.6 Å². The number of benzene rings is 2. The van der Waals surface area contributed by atoms with Gasteiger partial charge in [0, 0.05) is 18.6 Å². The smallest absolute Gasteiger partial charge is 0.338 e. The van der Waals surface area contributed by atoms with E-state index in [1.165, 1.54) is 19.6 Å². The van der Waals surface area contributed by atoms with Crippen molar-refractivity contribution < 1.29 is 27.9 Å². The Hall–Kier alpha value is -4.37. The molecule has 0 spiro atoms. The minimum Gasteiger partial charge on any atom is -0.464 e. The molecule has 4 aromatic rings. The summed E-state index contributed by atoms with van der Waals surface area (Å²) >= 11 is 0. The first-order valence-electron chi connectivity index (χ1n) is 10.5. The largest absolute Gasteiger partial charge is 0.464 e. The molecule has 2 aromatic heterocycles. The lowest BCUT2D eigenvalue weighted by Gasteiger charge is -2.29. The van der Waals surface area contributed by atoms with E-state index in [0.29, 0.717) is 22.1 Å². The number of fused-ring (bicyclic) bond motifs is 2. The summed E-state index contributed by atoms with van der Waals surface area (Å²) in [5, 5.41) is 6.38. The summed E-state index contributed by atoms with van der Waals surface area (Å²) in [5.41, 5.74) is 1.54. The standard InChI is InChI=1S/C25H20N2O7/c1-31-9-10-33-24(29)20-21(14-5-3-2-4-6-14)26-25(30)27-22(20)17-13-34-19-12-18-15(7-8-32-18)11-16(19)23(17)28/h2-8,11-13,22H,9-10H2,1H3,(H2,26,27,30). The molecule has 1 atom stereocenters. The molecule has 0 bridgehead atoms. The molecule has 0 radical (unpaired) electrons. The molecule has 0 aliphatic carbocycles. The van der Waals surface area contributed by atoms with E-state index in [1.54, 1.807) is 42.5 Å². The molecule has 172 valence electrons. The van der Waals surface area contributed by atoms with Crippen molar-refractivity contribution in [1.29, 1.82) is 0 Å². The summed E-state index contributed by atoms with van der Waals surface area (Å²) < 4.78 is 21.5. The van der Waals surface area contributed by atoms with E-state index in [4.69, 9.17) is 18.3 Å². The van der Waals surface area contributed by atoms with Gasteiger partial charge in [-0.05, 0) is 17.7 Å². The van der Waals surface area contributed by atoms with Crippen LogP contribution in [0.2, 0.25) is 0 Å². The van der Waals surface area contributed by atoms with Gasteiger partial charge in [0.2, 0.25) is 0 Å². The number of urea groups is 1. The lowest BCUT2D eigenvalue weighted by Crippen LogP contribution is -2.46. The molecule has 0 saturated heterocycles. The van der Waals surface area contributed by atoms with Crippen molar-refractivity contribution in [3.05, 3.63) is 88.0 Å².